The van der Waals surface area contributed by atoms with Crippen LogP contribution in [0.15, 0.2) is 0 Å². The van der Waals surface area contributed by atoms with Crippen molar-refractivity contribution in [1.29, 1.82) is 0 Å². The molecule has 0 radical (unpaired) electrons. The van der Waals surface area contributed by atoms with Crippen LogP contribution < -0.4 is 5.32 Å². The minimum Gasteiger partial charge on any atom is -0.389 e. The van der Waals surface area contributed by atoms with Crippen LogP contribution in [0.25, 0.3) is 0 Å². The van der Waals surface area contributed by atoms with Gasteiger partial charge in [0.25, 0.3) is 0 Å². The van der Waals surface area contributed by atoms with Crippen LogP contribution >= 0.6 is 0 Å². The maximum Gasteiger partial charge on any atom is 0.242 e. The lowest BCUT2D eigenvalue weighted by Gasteiger charge is -2.41. The number of aliphatic hydroxyl groups is 1. The molecule has 2 aliphatic rings. The van der Waals surface area contributed by atoms with Gasteiger partial charge in [-0.05, 0) is 31.6 Å². The van der Waals surface area contributed by atoms with E-state index >= 15 is 0 Å². The Morgan fingerprint density at radius 2 is 2.21 bits per heavy atom. The van der Waals surface area contributed by atoms with Crippen LogP contribution in [0.1, 0.15) is 46.0 Å². The largest absolute Gasteiger partial charge is 0.389 e. The van der Waals surface area contributed by atoms with Gasteiger partial charge in [0.1, 0.15) is 6.04 Å². The number of carbonyl (C=O) groups is 2. The van der Waals surface area contributed by atoms with Crippen molar-refractivity contribution in [2.75, 3.05) is 13.1 Å². The summed E-state index contributed by atoms with van der Waals surface area (Å²) in [6.07, 6.45) is 3.23. The molecular formula is C14H24N2O3. The summed E-state index contributed by atoms with van der Waals surface area (Å²) >= 11 is 0. The predicted octanol–water partition coefficient (Wildman–Crippen LogP) is 0.665. The Kier molecular flexibility index (Phi) is 4.13. The molecule has 0 aromatic rings. The standard InChI is InChI=1S/C14H24N2O3/c1-10(2)8-11-13(18)15-6-7-16(11)12(17)9-14(19)4-3-5-14/h10-11,19H,3-9H2,1-2H3,(H,15,18). The van der Waals surface area contributed by atoms with E-state index in [2.05, 4.69) is 5.32 Å². The van der Waals surface area contributed by atoms with E-state index in [9.17, 15) is 14.7 Å². The van der Waals surface area contributed by atoms with Crippen molar-refractivity contribution in [3.63, 3.8) is 0 Å². The number of carbonyl (C=O) groups excluding carboxylic acids is 2. The average Bonchev–Trinajstić information content (AvgIpc) is 2.29. The van der Waals surface area contributed by atoms with Gasteiger partial charge in [-0.3, -0.25) is 9.59 Å². The first-order valence-corrected chi connectivity index (χ1v) is 7.21. The molecule has 2 fully saturated rings. The summed E-state index contributed by atoms with van der Waals surface area (Å²) in [4.78, 5) is 25.9. The lowest BCUT2D eigenvalue weighted by atomic mass is 9.77. The maximum atomic E-state index is 12.3. The molecule has 0 spiro atoms. The van der Waals surface area contributed by atoms with E-state index in [1.54, 1.807) is 4.90 Å². The first kappa shape index (κ1) is 14.3. The molecule has 19 heavy (non-hydrogen) atoms. The minimum atomic E-state index is -0.812. The van der Waals surface area contributed by atoms with Crippen molar-refractivity contribution in [2.45, 2.75) is 57.6 Å². The Morgan fingerprint density at radius 3 is 2.74 bits per heavy atom. The van der Waals surface area contributed by atoms with Gasteiger partial charge in [-0.2, -0.15) is 0 Å². The fraction of sp³-hybridized carbons (Fsp3) is 0.857. The van der Waals surface area contributed by atoms with Gasteiger partial charge < -0.3 is 15.3 Å². The van der Waals surface area contributed by atoms with Crippen molar-refractivity contribution in [3.05, 3.63) is 0 Å². The van der Waals surface area contributed by atoms with Gasteiger partial charge >= 0.3 is 0 Å². The molecule has 1 unspecified atom stereocenters. The molecule has 2 rings (SSSR count). The number of hydrogen-bond acceptors (Lipinski definition) is 3. The van der Waals surface area contributed by atoms with E-state index in [0.717, 1.165) is 6.42 Å². The van der Waals surface area contributed by atoms with Crippen LogP contribution in [0.2, 0.25) is 0 Å². The molecule has 2 N–H and O–H groups in total. The highest BCUT2D eigenvalue weighted by atomic mass is 16.3. The Bertz CT molecular complexity index is 364. The Balaban J connectivity index is 2.01. The average molecular weight is 268 g/mol. The molecule has 1 saturated carbocycles. The normalized spacial score (nSPS) is 26.0. The highest BCUT2D eigenvalue weighted by molar-refractivity contribution is 5.89. The number of amides is 2. The highest BCUT2D eigenvalue weighted by Crippen LogP contribution is 2.35. The molecule has 1 aliphatic heterocycles. The molecule has 0 aromatic heterocycles. The van der Waals surface area contributed by atoms with Crippen LogP contribution in [0.3, 0.4) is 0 Å². The molecule has 1 saturated heterocycles. The van der Waals surface area contributed by atoms with Crippen molar-refractivity contribution in [2.24, 2.45) is 5.92 Å². The van der Waals surface area contributed by atoms with Crippen LogP contribution in [-0.2, 0) is 9.59 Å². The summed E-state index contributed by atoms with van der Waals surface area (Å²) in [5, 5.41) is 12.9. The van der Waals surface area contributed by atoms with E-state index in [0.29, 0.717) is 38.3 Å². The molecule has 5 heteroatoms. The van der Waals surface area contributed by atoms with Crippen LogP contribution in [-0.4, -0.2) is 46.6 Å². The third-order valence-electron chi connectivity index (χ3n) is 4.11. The van der Waals surface area contributed by atoms with Gasteiger partial charge in [0.2, 0.25) is 11.8 Å². The number of piperazine rings is 1. The third-order valence-corrected chi connectivity index (χ3v) is 4.11. The van der Waals surface area contributed by atoms with Crippen LogP contribution in [0.5, 0.6) is 0 Å². The molecule has 1 aliphatic carbocycles. The minimum absolute atomic E-state index is 0.0612. The maximum absolute atomic E-state index is 12.3. The van der Waals surface area contributed by atoms with Crippen LogP contribution in [0, 0.1) is 5.92 Å². The topological polar surface area (TPSA) is 69.6 Å². The van der Waals surface area contributed by atoms with E-state index in [4.69, 9.17) is 0 Å². The quantitative estimate of drug-likeness (QED) is 0.787. The second kappa shape index (κ2) is 5.49. The monoisotopic (exact) mass is 268 g/mol. The fourth-order valence-corrected chi connectivity index (χ4v) is 2.84. The Labute approximate surface area is 114 Å². The van der Waals surface area contributed by atoms with Crippen molar-refractivity contribution in [3.8, 4) is 0 Å². The van der Waals surface area contributed by atoms with Gasteiger partial charge in [-0.1, -0.05) is 13.8 Å². The Morgan fingerprint density at radius 1 is 1.53 bits per heavy atom. The molecule has 1 atom stereocenters. The number of hydrogen-bond donors (Lipinski definition) is 2. The summed E-state index contributed by atoms with van der Waals surface area (Å²) < 4.78 is 0. The van der Waals surface area contributed by atoms with Gasteiger partial charge in [-0.25, -0.2) is 0 Å². The molecule has 5 nitrogen and oxygen atoms in total. The van der Waals surface area contributed by atoms with Crippen molar-refractivity contribution >= 4 is 11.8 Å². The number of nitrogens with one attached hydrogen (secondary N) is 1. The van der Waals surface area contributed by atoms with E-state index in [1.165, 1.54) is 0 Å². The summed E-state index contributed by atoms with van der Waals surface area (Å²) in [5.74, 6) is 0.215. The van der Waals surface area contributed by atoms with Gasteiger partial charge in [0.15, 0.2) is 0 Å². The molecule has 2 amide bonds. The van der Waals surface area contributed by atoms with E-state index in [1.807, 2.05) is 13.8 Å². The van der Waals surface area contributed by atoms with E-state index in [-0.39, 0.29) is 24.3 Å². The molecule has 0 bridgehead atoms. The van der Waals surface area contributed by atoms with E-state index < -0.39 is 5.60 Å². The molecule has 1 heterocycles. The van der Waals surface area contributed by atoms with Crippen LogP contribution in [0.4, 0.5) is 0 Å². The highest BCUT2D eigenvalue weighted by Gasteiger charge is 2.40. The third kappa shape index (κ3) is 3.26. The zero-order valence-corrected chi connectivity index (χ0v) is 11.8. The molecule has 108 valence electrons. The van der Waals surface area contributed by atoms with Gasteiger partial charge in [-0.15, -0.1) is 0 Å². The van der Waals surface area contributed by atoms with Gasteiger partial charge in [0.05, 0.1) is 12.0 Å². The molecular weight excluding hydrogens is 244 g/mol. The fourth-order valence-electron chi connectivity index (χ4n) is 2.84. The number of nitrogens with zero attached hydrogens (tertiary/aromatic N) is 1. The first-order valence-electron chi connectivity index (χ1n) is 7.21. The smallest absolute Gasteiger partial charge is 0.242 e. The van der Waals surface area contributed by atoms with Gasteiger partial charge in [0, 0.05) is 13.1 Å². The number of rotatable bonds is 4. The second-order valence-electron chi connectivity index (χ2n) is 6.28. The summed E-state index contributed by atoms with van der Waals surface area (Å²) in [6, 6.07) is -0.370. The zero-order chi connectivity index (χ0) is 14.0. The predicted molar refractivity (Wildman–Crippen MR) is 71.4 cm³/mol. The summed E-state index contributed by atoms with van der Waals surface area (Å²) in [6.45, 7) is 5.16. The summed E-state index contributed by atoms with van der Waals surface area (Å²) in [5.41, 5.74) is -0.812. The lowest BCUT2D eigenvalue weighted by Crippen LogP contribution is -2.58. The second-order valence-corrected chi connectivity index (χ2v) is 6.28. The zero-order valence-electron chi connectivity index (χ0n) is 11.8. The first-order chi connectivity index (χ1) is 8.91. The van der Waals surface area contributed by atoms with Crippen molar-refractivity contribution in [1.82, 2.24) is 10.2 Å². The van der Waals surface area contributed by atoms with Crippen molar-refractivity contribution < 1.29 is 14.7 Å². The lowest BCUT2D eigenvalue weighted by molar-refractivity contribution is -0.150. The molecule has 0 aromatic carbocycles. The SMILES string of the molecule is CC(C)CC1C(=O)NCCN1C(=O)CC1(O)CCC1. The Hall–Kier alpha value is -1.10. The summed E-state index contributed by atoms with van der Waals surface area (Å²) in [7, 11) is 0.